The SMILES string of the molecule is C[C@@H]1SC(=NC2CC3CC2CC3(F)F)NC1=O. The summed E-state index contributed by atoms with van der Waals surface area (Å²) in [6.07, 6.45) is 1.02. The molecule has 0 radical (unpaired) electrons. The molecule has 4 atom stereocenters. The molecule has 3 rings (SSSR count). The lowest BCUT2D eigenvalue weighted by Gasteiger charge is -2.25. The van der Waals surface area contributed by atoms with Crippen molar-refractivity contribution in [2.75, 3.05) is 0 Å². The van der Waals surface area contributed by atoms with Gasteiger partial charge in [0.2, 0.25) is 5.91 Å². The number of amidine groups is 1. The number of hydrogen-bond donors (Lipinski definition) is 1. The zero-order valence-electron chi connectivity index (χ0n) is 9.45. The first kappa shape index (κ1) is 11.4. The van der Waals surface area contributed by atoms with E-state index in [1.54, 1.807) is 0 Å². The molecule has 1 amide bonds. The third-order valence-corrected chi connectivity index (χ3v) is 4.96. The number of rotatable bonds is 1. The van der Waals surface area contributed by atoms with Gasteiger partial charge < -0.3 is 5.32 Å². The number of halogens is 2. The molecule has 0 aromatic carbocycles. The summed E-state index contributed by atoms with van der Waals surface area (Å²) in [5.74, 6) is -3.03. The summed E-state index contributed by atoms with van der Waals surface area (Å²) >= 11 is 1.39. The van der Waals surface area contributed by atoms with Crippen LogP contribution in [0.5, 0.6) is 0 Å². The molecule has 17 heavy (non-hydrogen) atoms. The smallest absolute Gasteiger partial charge is 0.251 e. The number of nitrogens with one attached hydrogen (secondary N) is 1. The van der Waals surface area contributed by atoms with Crippen LogP contribution >= 0.6 is 11.8 Å². The second-order valence-electron chi connectivity index (χ2n) is 5.14. The Bertz CT molecular complexity index is 399. The number of carbonyl (C=O) groups is 1. The van der Waals surface area contributed by atoms with E-state index in [1.807, 2.05) is 6.92 Å². The molecule has 2 bridgehead atoms. The topological polar surface area (TPSA) is 41.5 Å². The fourth-order valence-corrected chi connectivity index (χ4v) is 3.87. The van der Waals surface area contributed by atoms with Crippen LogP contribution in [0.3, 0.4) is 0 Å². The van der Waals surface area contributed by atoms with E-state index in [0.29, 0.717) is 18.0 Å². The summed E-state index contributed by atoms with van der Waals surface area (Å²) in [6.45, 7) is 1.82. The van der Waals surface area contributed by atoms with Gasteiger partial charge in [-0.1, -0.05) is 11.8 Å². The van der Waals surface area contributed by atoms with Gasteiger partial charge in [-0.2, -0.15) is 0 Å². The van der Waals surface area contributed by atoms with Gasteiger partial charge in [-0.05, 0) is 25.7 Å². The lowest BCUT2D eigenvalue weighted by molar-refractivity contribution is -0.118. The fraction of sp³-hybridized carbons (Fsp3) is 0.818. The summed E-state index contributed by atoms with van der Waals surface area (Å²) in [4.78, 5) is 15.7. The molecular weight excluding hydrogens is 246 g/mol. The van der Waals surface area contributed by atoms with Gasteiger partial charge >= 0.3 is 0 Å². The molecule has 0 aromatic rings. The highest BCUT2D eigenvalue weighted by Gasteiger charge is 2.56. The lowest BCUT2D eigenvalue weighted by atomic mass is 9.93. The van der Waals surface area contributed by atoms with E-state index in [-0.39, 0.29) is 29.5 Å². The summed E-state index contributed by atoms with van der Waals surface area (Å²) in [5.41, 5.74) is 0. The Labute approximate surface area is 102 Å². The molecule has 3 unspecified atom stereocenters. The van der Waals surface area contributed by atoms with Crippen molar-refractivity contribution in [2.45, 2.75) is 43.4 Å². The van der Waals surface area contributed by atoms with Crippen LogP contribution in [-0.4, -0.2) is 28.3 Å². The number of alkyl halides is 2. The molecule has 2 saturated carbocycles. The zero-order chi connectivity index (χ0) is 12.2. The predicted octanol–water partition coefficient (Wildman–Crippen LogP) is 2.03. The van der Waals surface area contributed by atoms with Crippen molar-refractivity contribution in [3.8, 4) is 0 Å². The summed E-state index contributed by atoms with van der Waals surface area (Å²) < 4.78 is 26.7. The maximum absolute atomic E-state index is 13.3. The number of nitrogens with zero attached hydrogens (tertiary/aromatic N) is 1. The van der Waals surface area contributed by atoms with Gasteiger partial charge in [0.1, 0.15) is 0 Å². The number of aliphatic imine (C=N–C) groups is 1. The van der Waals surface area contributed by atoms with E-state index in [9.17, 15) is 13.6 Å². The Morgan fingerprint density at radius 2 is 2.24 bits per heavy atom. The van der Waals surface area contributed by atoms with Gasteiger partial charge in [0.05, 0.1) is 11.3 Å². The third-order valence-electron chi connectivity index (χ3n) is 3.96. The normalized spacial score (nSPS) is 45.6. The molecule has 3 aliphatic rings. The quantitative estimate of drug-likeness (QED) is 0.783. The van der Waals surface area contributed by atoms with Crippen molar-refractivity contribution < 1.29 is 13.6 Å². The minimum atomic E-state index is -2.49. The molecule has 3 nitrogen and oxygen atoms in total. The molecule has 0 aromatic heterocycles. The number of amides is 1. The molecule has 1 heterocycles. The molecule has 1 saturated heterocycles. The third kappa shape index (κ3) is 1.86. The number of carbonyl (C=O) groups excluding carboxylic acids is 1. The molecule has 6 heteroatoms. The van der Waals surface area contributed by atoms with Crippen LogP contribution in [0.4, 0.5) is 8.78 Å². The number of thioether (sulfide) groups is 1. The Balaban J connectivity index is 1.70. The van der Waals surface area contributed by atoms with E-state index >= 15 is 0 Å². The fourth-order valence-electron chi connectivity index (χ4n) is 3.01. The largest absolute Gasteiger partial charge is 0.304 e. The highest BCUT2D eigenvalue weighted by molar-refractivity contribution is 8.15. The number of fused-ring (bicyclic) bond motifs is 2. The van der Waals surface area contributed by atoms with E-state index < -0.39 is 11.8 Å². The second-order valence-corrected chi connectivity index (χ2v) is 6.47. The van der Waals surface area contributed by atoms with Crippen LogP contribution in [0, 0.1) is 11.8 Å². The van der Waals surface area contributed by atoms with Crippen LogP contribution in [-0.2, 0) is 4.79 Å². The zero-order valence-corrected chi connectivity index (χ0v) is 10.3. The highest BCUT2D eigenvalue weighted by atomic mass is 32.2. The van der Waals surface area contributed by atoms with Crippen LogP contribution in [0.2, 0.25) is 0 Å². The highest BCUT2D eigenvalue weighted by Crippen LogP contribution is 2.54. The van der Waals surface area contributed by atoms with Crippen molar-refractivity contribution in [2.24, 2.45) is 16.8 Å². The molecule has 1 aliphatic heterocycles. The maximum Gasteiger partial charge on any atom is 0.251 e. The number of hydrogen-bond acceptors (Lipinski definition) is 3. The van der Waals surface area contributed by atoms with Gasteiger partial charge in [-0.3, -0.25) is 9.79 Å². The van der Waals surface area contributed by atoms with Gasteiger partial charge in [0, 0.05) is 12.3 Å². The van der Waals surface area contributed by atoms with Crippen LogP contribution in [0.1, 0.15) is 26.2 Å². The first-order valence-electron chi connectivity index (χ1n) is 5.89. The summed E-state index contributed by atoms with van der Waals surface area (Å²) in [5, 5.41) is 3.19. The molecule has 1 N–H and O–H groups in total. The van der Waals surface area contributed by atoms with Crippen molar-refractivity contribution in [1.29, 1.82) is 0 Å². The Hall–Kier alpha value is -0.650. The minimum absolute atomic E-state index is 0.00379. The first-order chi connectivity index (χ1) is 7.95. The van der Waals surface area contributed by atoms with E-state index in [2.05, 4.69) is 10.3 Å². The van der Waals surface area contributed by atoms with Crippen LogP contribution in [0.25, 0.3) is 0 Å². The first-order valence-corrected chi connectivity index (χ1v) is 6.77. The molecular formula is C11H14F2N2OS. The van der Waals surface area contributed by atoms with Crippen LogP contribution < -0.4 is 5.32 Å². The Morgan fingerprint density at radius 3 is 2.71 bits per heavy atom. The summed E-state index contributed by atoms with van der Waals surface area (Å²) in [7, 11) is 0. The van der Waals surface area contributed by atoms with Crippen molar-refractivity contribution in [3.05, 3.63) is 0 Å². The van der Waals surface area contributed by atoms with E-state index in [4.69, 9.17) is 0 Å². The molecule has 0 spiro atoms. The van der Waals surface area contributed by atoms with Crippen molar-refractivity contribution >= 4 is 22.8 Å². The molecule has 94 valence electrons. The van der Waals surface area contributed by atoms with E-state index in [0.717, 1.165) is 0 Å². The van der Waals surface area contributed by atoms with E-state index in [1.165, 1.54) is 11.8 Å². The summed E-state index contributed by atoms with van der Waals surface area (Å²) in [6, 6.07) is -0.0206. The van der Waals surface area contributed by atoms with Crippen molar-refractivity contribution in [1.82, 2.24) is 5.32 Å². The Kier molecular flexibility index (Phi) is 2.47. The average molecular weight is 260 g/mol. The second kappa shape index (κ2) is 3.67. The molecule has 3 fully saturated rings. The average Bonchev–Trinajstić information content (AvgIpc) is 2.81. The lowest BCUT2D eigenvalue weighted by Crippen LogP contribution is -2.31. The van der Waals surface area contributed by atoms with Gasteiger partial charge in [0.15, 0.2) is 5.17 Å². The van der Waals surface area contributed by atoms with Crippen LogP contribution in [0.15, 0.2) is 4.99 Å². The minimum Gasteiger partial charge on any atom is -0.304 e. The monoisotopic (exact) mass is 260 g/mol. The van der Waals surface area contributed by atoms with Gasteiger partial charge in [-0.15, -0.1) is 0 Å². The van der Waals surface area contributed by atoms with Gasteiger partial charge in [-0.25, -0.2) is 8.78 Å². The maximum atomic E-state index is 13.3. The predicted molar refractivity (Wildman–Crippen MR) is 62.2 cm³/mol. The van der Waals surface area contributed by atoms with Gasteiger partial charge in [0.25, 0.3) is 5.92 Å². The standard InChI is InChI=1S/C11H14F2N2OS/c1-5-9(16)15-10(17-5)14-8-3-7-2-6(8)4-11(7,12)13/h5-8H,2-4H2,1H3,(H,14,15,16)/t5-,6?,7?,8?/m0/s1. The van der Waals surface area contributed by atoms with Crippen molar-refractivity contribution in [3.63, 3.8) is 0 Å². The molecule has 2 aliphatic carbocycles. The Morgan fingerprint density at radius 1 is 1.47 bits per heavy atom.